The van der Waals surface area contributed by atoms with Gasteiger partial charge >= 0.3 is 6.03 Å². The molecule has 1 aliphatic rings. The van der Waals surface area contributed by atoms with Crippen molar-refractivity contribution in [3.05, 3.63) is 96.1 Å². The van der Waals surface area contributed by atoms with Crippen LogP contribution in [0.4, 0.5) is 10.5 Å². The number of anilines is 1. The number of nitrogens with two attached hydrogens (primary N) is 1. The summed E-state index contributed by atoms with van der Waals surface area (Å²) in [4.78, 5) is 43.8. The fourth-order valence-electron chi connectivity index (χ4n) is 5.43. The highest BCUT2D eigenvalue weighted by molar-refractivity contribution is 6.00. The monoisotopic (exact) mass is 542 g/mol. The highest BCUT2D eigenvalue weighted by Crippen LogP contribution is 2.41. The van der Waals surface area contributed by atoms with E-state index in [1.54, 1.807) is 29.2 Å². The number of hydrogen-bond donors (Lipinski definition) is 2. The number of likely N-dealkylation sites (tertiary alicyclic amines) is 1. The molecule has 8 nitrogen and oxygen atoms in total. The molecule has 210 valence electrons. The summed E-state index contributed by atoms with van der Waals surface area (Å²) in [5.41, 5.74) is 7.92. The summed E-state index contributed by atoms with van der Waals surface area (Å²) in [5.74, 6) is -0.167. The molecule has 40 heavy (non-hydrogen) atoms. The number of carbonyl (C=O) groups excluding carboxylic acids is 3. The molecule has 1 aliphatic heterocycles. The Morgan fingerprint density at radius 1 is 0.950 bits per heavy atom. The van der Waals surface area contributed by atoms with E-state index >= 15 is 0 Å². The van der Waals surface area contributed by atoms with Gasteiger partial charge in [-0.05, 0) is 62.8 Å². The van der Waals surface area contributed by atoms with Crippen LogP contribution in [0.1, 0.15) is 56.7 Å². The van der Waals surface area contributed by atoms with Gasteiger partial charge in [0.05, 0.1) is 18.8 Å². The van der Waals surface area contributed by atoms with Gasteiger partial charge in [0, 0.05) is 11.6 Å². The van der Waals surface area contributed by atoms with Crippen LogP contribution >= 0.6 is 0 Å². The lowest BCUT2D eigenvalue weighted by molar-refractivity contribution is -0.139. The van der Waals surface area contributed by atoms with Crippen LogP contribution in [0.2, 0.25) is 0 Å². The number of hydrogen-bond acceptors (Lipinski definition) is 4. The van der Waals surface area contributed by atoms with Gasteiger partial charge in [-0.2, -0.15) is 0 Å². The number of amides is 4. The molecular weight excluding hydrogens is 504 g/mol. The minimum absolute atomic E-state index is 0.0940. The number of carbonyl (C=O) groups is 3. The van der Waals surface area contributed by atoms with Crippen LogP contribution in [-0.4, -0.2) is 48.0 Å². The minimum atomic E-state index is -0.939. The molecule has 0 aromatic heterocycles. The molecule has 0 aliphatic carbocycles. The summed E-state index contributed by atoms with van der Waals surface area (Å²) < 4.78 is 5.38. The Kier molecular flexibility index (Phi) is 8.77. The van der Waals surface area contributed by atoms with Crippen LogP contribution in [0.3, 0.4) is 0 Å². The summed E-state index contributed by atoms with van der Waals surface area (Å²) in [6, 6.07) is 24.5. The van der Waals surface area contributed by atoms with E-state index in [0.29, 0.717) is 24.3 Å². The summed E-state index contributed by atoms with van der Waals surface area (Å²) >= 11 is 0. The molecule has 3 atom stereocenters. The second-order valence-electron chi connectivity index (χ2n) is 11.2. The molecule has 1 saturated heterocycles. The van der Waals surface area contributed by atoms with Crippen molar-refractivity contribution in [3.8, 4) is 5.75 Å². The van der Waals surface area contributed by atoms with Crippen LogP contribution in [0.15, 0.2) is 84.9 Å². The van der Waals surface area contributed by atoms with Gasteiger partial charge in [-0.1, -0.05) is 66.7 Å². The van der Waals surface area contributed by atoms with E-state index < -0.39 is 23.7 Å². The fourth-order valence-corrected chi connectivity index (χ4v) is 5.43. The molecule has 3 unspecified atom stereocenters. The van der Waals surface area contributed by atoms with Crippen molar-refractivity contribution in [2.45, 2.75) is 57.2 Å². The van der Waals surface area contributed by atoms with Crippen molar-refractivity contribution in [2.75, 3.05) is 18.6 Å². The predicted octanol–water partition coefficient (Wildman–Crippen LogP) is 5.01. The van der Waals surface area contributed by atoms with E-state index in [4.69, 9.17) is 10.5 Å². The van der Waals surface area contributed by atoms with Gasteiger partial charge in [-0.15, -0.1) is 0 Å². The summed E-state index contributed by atoms with van der Waals surface area (Å²) in [6.07, 6.45) is 0.910. The second kappa shape index (κ2) is 12.2. The molecule has 4 rings (SSSR count). The first-order valence-electron chi connectivity index (χ1n) is 13.5. The Labute approximate surface area is 236 Å². The number of methoxy groups -OCH3 is 1. The van der Waals surface area contributed by atoms with E-state index in [1.807, 2.05) is 81.4 Å². The molecule has 1 fully saturated rings. The maximum Gasteiger partial charge on any atom is 0.320 e. The van der Waals surface area contributed by atoms with Gasteiger partial charge in [0.1, 0.15) is 18.3 Å². The number of benzene rings is 3. The molecule has 3 aromatic rings. The summed E-state index contributed by atoms with van der Waals surface area (Å²) in [5, 5.41) is 2.98. The first-order valence-corrected chi connectivity index (χ1v) is 13.5. The van der Waals surface area contributed by atoms with Crippen LogP contribution in [0.5, 0.6) is 5.75 Å². The standard InChI is InChI=1S/C32H38N4O4/c1-32(2,3)34-29(37)21-35-27(23-14-9-6-10-15-23)18-24(22-12-7-5-8-13-22)19-28(30(35)38)36(31(33)39)25-16-11-17-26(20-25)40-4/h5-17,20,24,27-28H,18-19,21H2,1-4H3,(H2,33,39)(H,34,37). The van der Waals surface area contributed by atoms with Gasteiger partial charge < -0.3 is 20.7 Å². The zero-order chi connectivity index (χ0) is 28.9. The minimum Gasteiger partial charge on any atom is -0.497 e. The zero-order valence-electron chi connectivity index (χ0n) is 23.5. The number of nitrogens with one attached hydrogen (secondary N) is 1. The van der Waals surface area contributed by atoms with E-state index in [2.05, 4.69) is 5.32 Å². The number of rotatable bonds is 7. The largest absolute Gasteiger partial charge is 0.497 e. The third kappa shape index (κ3) is 6.81. The van der Waals surface area contributed by atoms with E-state index in [9.17, 15) is 14.4 Å². The molecule has 0 bridgehead atoms. The molecule has 3 N–H and O–H groups in total. The molecule has 1 heterocycles. The third-order valence-electron chi connectivity index (χ3n) is 7.12. The first kappa shape index (κ1) is 28.7. The summed E-state index contributed by atoms with van der Waals surface area (Å²) in [6.45, 7) is 5.54. The second-order valence-corrected chi connectivity index (χ2v) is 11.2. The van der Waals surface area contributed by atoms with Crippen LogP contribution in [-0.2, 0) is 9.59 Å². The molecule has 0 saturated carbocycles. The SMILES string of the molecule is COc1cccc(N(C(N)=O)C2CC(c3ccccc3)CC(c3ccccc3)N(CC(=O)NC(C)(C)C)C2=O)c1. The van der Waals surface area contributed by atoms with Crippen molar-refractivity contribution in [3.63, 3.8) is 0 Å². The van der Waals surface area contributed by atoms with Gasteiger partial charge in [0.25, 0.3) is 0 Å². The molecule has 0 spiro atoms. The molecule has 0 radical (unpaired) electrons. The van der Waals surface area contributed by atoms with Crippen LogP contribution < -0.4 is 20.7 Å². The quantitative estimate of drug-likeness (QED) is 0.438. The van der Waals surface area contributed by atoms with Crippen molar-refractivity contribution in [1.82, 2.24) is 10.2 Å². The number of primary amides is 1. The third-order valence-corrected chi connectivity index (χ3v) is 7.12. The Hall–Kier alpha value is -4.33. The lowest BCUT2D eigenvalue weighted by Crippen LogP contribution is -2.55. The van der Waals surface area contributed by atoms with Crippen molar-refractivity contribution in [1.29, 1.82) is 0 Å². The van der Waals surface area contributed by atoms with Gasteiger partial charge in [-0.3, -0.25) is 14.5 Å². The molecular formula is C32H38N4O4. The molecule has 4 amide bonds. The van der Waals surface area contributed by atoms with E-state index in [0.717, 1.165) is 11.1 Å². The Balaban J connectivity index is 1.85. The molecule has 3 aromatic carbocycles. The van der Waals surface area contributed by atoms with Crippen LogP contribution in [0, 0.1) is 0 Å². The van der Waals surface area contributed by atoms with Crippen molar-refractivity contribution < 1.29 is 19.1 Å². The van der Waals surface area contributed by atoms with E-state index in [1.165, 1.54) is 12.0 Å². The average Bonchev–Trinajstić information content (AvgIpc) is 3.06. The highest BCUT2D eigenvalue weighted by atomic mass is 16.5. The molecule has 8 heteroatoms. The fraction of sp³-hybridized carbons (Fsp3) is 0.344. The lowest BCUT2D eigenvalue weighted by atomic mass is 9.86. The van der Waals surface area contributed by atoms with Crippen molar-refractivity contribution >= 4 is 23.5 Å². The summed E-state index contributed by atoms with van der Waals surface area (Å²) in [7, 11) is 1.54. The number of urea groups is 1. The highest BCUT2D eigenvalue weighted by Gasteiger charge is 2.43. The number of nitrogens with zero attached hydrogens (tertiary/aromatic N) is 2. The van der Waals surface area contributed by atoms with Crippen molar-refractivity contribution in [2.24, 2.45) is 5.73 Å². The van der Waals surface area contributed by atoms with E-state index in [-0.39, 0.29) is 24.3 Å². The Bertz CT molecular complexity index is 1320. The van der Waals surface area contributed by atoms with Crippen LogP contribution in [0.25, 0.3) is 0 Å². The topological polar surface area (TPSA) is 105 Å². The smallest absolute Gasteiger partial charge is 0.320 e. The number of ether oxygens (including phenoxy) is 1. The zero-order valence-corrected chi connectivity index (χ0v) is 23.5. The van der Waals surface area contributed by atoms with Gasteiger partial charge in [0.15, 0.2) is 0 Å². The Morgan fingerprint density at radius 2 is 1.57 bits per heavy atom. The normalized spacial score (nSPS) is 19.4. The Morgan fingerprint density at radius 3 is 2.15 bits per heavy atom. The van der Waals surface area contributed by atoms with Gasteiger partial charge in [0.2, 0.25) is 11.8 Å². The first-order chi connectivity index (χ1) is 19.1. The average molecular weight is 543 g/mol. The lowest BCUT2D eigenvalue weighted by Gasteiger charge is -2.35. The van der Waals surface area contributed by atoms with Gasteiger partial charge in [-0.25, -0.2) is 4.79 Å². The predicted molar refractivity (Wildman–Crippen MR) is 156 cm³/mol. The maximum atomic E-state index is 14.5. The maximum absolute atomic E-state index is 14.5.